The van der Waals surface area contributed by atoms with E-state index in [1.54, 1.807) is 0 Å². The fraction of sp³-hybridized carbons (Fsp3) is 0.611. The van der Waals surface area contributed by atoms with E-state index in [2.05, 4.69) is 0 Å². The lowest BCUT2D eigenvalue weighted by molar-refractivity contribution is -0.140. The Kier molecular flexibility index (Phi) is 5.83. The topological polar surface area (TPSA) is 55.6 Å². The summed E-state index contributed by atoms with van der Waals surface area (Å²) in [6.45, 7) is 7.61. The molecule has 0 aromatic heterocycles. The molecular formula is C18H28N2O2. The van der Waals surface area contributed by atoms with Gasteiger partial charge in [-0.25, -0.2) is 0 Å². The highest BCUT2D eigenvalue weighted by atomic mass is 16.5. The average Bonchev–Trinajstić information content (AvgIpc) is 2.52. The lowest BCUT2D eigenvalue weighted by atomic mass is 9.92. The fourth-order valence-corrected chi connectivity index (χ4v) is 3.00. The average molecular weight is 304 g/mol. The fourth-order valence-electron chi connectivity index (χ4n) is 3.00. The third-order valence-corrected chi connectivity index (χ3v) is 4.43. The summed E-state index contributed by atoms with van der Waals surface area (Å²) in [6, 6.07) is 7.98. The number of nitrogens with two attached hydrogens (primary N) is 1. The summed E-state index contributed by atoms with van der Waals surface area (Å²) in [4.78, 5) is 14.7. The van der Waals surface area contributed by atoms with Crippen LogP contribution in [0.5, 0.6) is 5.75 Å². The number of nitrogens with zero attached hydrogens (tertiary/aromatic N) is 1. The highest BCUT2D eigenvalue weighted by molar-refractivity contribution is 5.81. The van der Waals surface area contributed by atoms with E-state index in [0.29, 0.717) is 12.3 Å². The number of rotatable bonds is 5. The summed E-state index contributed by atoms with van der Waals surface area (Å²) in [5, 5.41) is 0. The van der Waals surface area contributed by atoms with Gasteiger partial charge in [-0.3, -0.25) is 4.79 Å². The van der Waals surface area contributed by atoms with E-state index in [9.17, 15) is 4.79 Å². The monoisotopic (exact) mass is 304 g/mol. The van der Waals surface area contributed by atoms with Crippen molar-refractivity contribution in [3.63, 3.8) is 0 Å². The van der Waals surface area contributed by atoms with Crippen molar-refractivity contribution in [3.05, 3.63) is 29.8 Å². The molecule has 0 spiro atoms. The second-order valence-electron chi connectivity index (χ2n) is 6.38. The van der Waals surface area contributed by atoms with E-state index in [1.165, 1.54) is 0 Å². The lowest BCUT2D eigenvalue weighted by Gasteiger charge is -2.36. The first-order chi connectivity index (χ1) is 10.5. The Hall–Kier alpha value is -1.55. The SMILES string of the molecule is CCC(Oc1cccc(C)c1)C(=O)N1CCCC(C(C)N)C1. The Bertz CT molecular complexity index is 502. The number of hydrogen-bond donors (Lipinski definition) is 1. The lowest BCUT2D eigenvalue weighted by Crippen LogP contribution is -2.49. The van der Waals surface area contributed by atoms with Crippen LogP contribution in [-0.4, -0.2) is 36.0 Å². The molecular weight excluding hydrogens is 276 g/mol. The van der Waals surface area contributed by atoms with Gasteiger partial charge in [-0.2, -0.15) is 0 Å². The summed E-state index contributed by atoms with van der Waals surface area (Å²) >= 11 is 0. The molecule has 1 heterocycles. The van der Waals surface area contributed by atoms with Gasteiger partial charge in [0.2, 0.25) is 0 Å². The Morgan fingerprint density at radius 2 is 2.27 bits per heavy atom. The zero-order chi connectivity index (χ0) is 16.1. The quantitative estimate of drug-likeness (QED) is 0.910. The van der Waals surface area contributed by atoms with Gasteiger partial charge >= 0.3 is 0 Å². The van der Waals surface area contributed by atoms with Crippen molar-refractivity contribution in [1.82, 2.24) is 4.90 Å². The molecule has 2 rings (SSSR count). The van der Waals surface area contributed by atoms with Crippen LogP contribution in [0.15, 0.2) is 24.3 Å². The first-order valence-electron chi connectivity index (χ1n) is 8.29. The van der Waals surface area contributed by atoms with E-state index in [0.717, 1.165) is 37.2 Å². The summed E-state index contributed by atoms with van der Waals surface area (Å²) in [5.41, 5.74) is 7.14. The standard InChI is InChI=1S/C18H28N2O2/c1-4-17(22-16-9-5-7-13(2)11-16)18(21)20-10-6-8-15(12-20)14(3)19/h5,7,9,11,14-15,17H,4,6,8,10,12,19H2,1-3H3. The third kappa shape index (κ3) is 4.23. The molecule has 1 aromatic carbocycles. The molecule has 1 fully saturated rings. The zero-order valence-electron chi connectivity index (χ0n) is 13.9. The number of aryl methyl sites for hydroxylation is 1. The molecule has 4 nitrogen and oxygen atoms in total. The number of ether oxygens (including phenoxy) is 1. The maximum absolute atomic E-state index is 12.7. The van der Waals surface area contributed by atoms with Gasteiger partial charge < -0.3 is 15.4 Å². The first kappa shape index (κ1) is 16.8. The maximum atomic E-state index is 12.7. The van der Waals surface area contributed by atoms with Gasteiger partial charge in [0.1, 0.15) is 5.75 Å². The molecule has 1 aromatic rings. The largest absolute Gasteiger partial charge is 0.481 e. The number of carbonyl (C=O) groups is 1. The van der Waals surface area contributed by atoms with Crippen LogP contribution >= 0.6 is 0 Å². The summed E-state index contributed by atoms with van der Waals surface area (Å²) in [5.74, 6) is 1.25. The number of carbonyl (C=O) groups excluding carboxylic acids is 1. The Balaban J connectivity index is 2.02. The molecule has 3 unspecified atom stereocenters. The third-order valence-electron chi connectivity index (χ3n) is 4.43. The van der Waals surface area contributed by atoms with Gasteiger partial charge in [0.25, 0.3) is 5.91 Å². The van der Waals surface area contributed by atoms with Crippen molar-refractivity contribution < 1.29 is 9.53 Å². The molecule has 0 bridgehead atoms. The van der Waals surface area contributed by atoms with Crippen LogP contribution in [0.3, 0.4) is 0 Å². The van der Waals surface area contributed by atoms with Gasteiger partial charge in [0.15, 0.2) is 6.10 Å². The van der Waals surface area contributed by atoms with Gasteiger partial charge in [0, 0.05) is 19.1 Å². The molecule has 1 saturated heterocycles. The normalized spacial score (nSPS) is 21.3. The molecule has 122 valence electrons. The smallest absolute Gasteiger partial charge is 0.263 e. The number of benzene rings is 1. The molecule has 0 aliphatic carbocycles. The predicted molar refractivity (Wildman–Crippen MR) is 88.8 cm³/mol. The molecule has 1 aliphatic heterocycles. The summed E-state index contributed by atoms with van der Waals surface area (Å²) in [7, 11) is 0. The van der Waals surface area contributed by atoms with Gasteiger partial charge in [-0.05, 0) is 56.7 Å². The zero-order valence-corrected chi connectivity index (χ0v) is 13.9. The van der Waals surface area contributed by atoms with Crippen LogP contribution in [0, 0.1) is 12.8 Å². The molecule has 2 N–H and O–H groups in total. The second kappa shape index (κ2) is 7.63. The van der Waals surface area contributed by atoms with E-state index >= 15 is 0 Å². The number of hydrogen-bond acceptors (Lipinski definition) is 3. The molecule has 1 aliphatic rings. The Labute approximate surface area is 133 Å². The minimum Gasteiger partial charge on any atom is -0.481 e. The van der Waals surface area contributed by atoms with Crippen LogP contribution < -0.4 is 10.5 Å². The molecule has 22 heavy (non-hydrogen) atoms. The molecule has 1 amide bonds. The van der Waals surface area contributed by atoms with Crippen molar-refractivity contribution in [2.45, 2.75) is 52.2 Å². The highest BCUT2D eigenvalue weighted by Gasteiger charge is 2.30. The van der Waals surface area contributed by atoms with Crippen molar-refractivity contribution in [2.24, 2.45) is 11.7 Å². The van der Waals surface area contributed by atoms with E-state index in [-0.39, 0.29) is 11.9 Å². The van der Waals surface area contributed by atoms with Crippen LogP contribution in [-0.2, 0) is 4.79 Å². The van der Waals surface area contributed by atoms with E-state index in [4.69, 9.17) is 10.5 Å². The molecule has 0 radical (unpaired) electrons. The first-order valence-corrected chi connectivity index (χ1v) is 8.29. The highest BCUT2D eigenvalue weighted by Crippen LogP contribution is 2.22. The van der Waals surface area contributed by atoms with Gasteiger partial charge in [-0.1, -0.05) is 19.1 Å². The van der Waals surface area contributed by atoms with Crippen LogP contribution in [0.2, 0.25) is 0 Å². The van der Waals surface area contributed by atoms with E-state index < -0.39 is 6.10 Å². The number of likely N-dealkylation sites (tertiary alicyclic amines) is 1. The molecule has 3 atom stereocenters. The van der Waals surface area contributed by atoms with E-state index in [1.807, 2.05) is 49.9 Å². The van der Waals surface area contributed by atoms with Crippen molar-refractivity contribution in [3.8, 4) is 5.75 Å². The molecule has 0 saturated carbocycles. The minimum atomic E-state index is -0.409. The van der Waals surface area contributed by atoms with Crippen LogP contribution in [0.4, 0.5) is 0 Å². The van der Waals surface area contributed by atoms with Crippen molar-refractivity contribution in [1.29, 1.82) is 0 Å². The van der Waals surface area contributed by atoms with Gasteiger partial charge in [0.05, 0.1) is 0 Å². The van der Waals surface area contributed by atoms with Crippen molar-refractivity contribution >= 4 is 5.91 Å². The Morgan fingerprint density at radius 1 is 1.50 bits per heavy atom. The molecule has 4 heteroatoms. The Morgan fingerprint density at radius 3 is 2.91 bits per heavy atom. The van der Waals surface area contributed by atoms with Gasteiger partial charge in [-0.15, -0.1) is 0 Å². The number of amides is 1. The predicted octanol–water partition coefficient (Wildman–Crippen LogP) is 2.74. The second-order valence-corrected chi connectivity index (χ2v) is 6.38. The minimum absolute atomic E-state index is 0.0920. The summed E-state index contributed by atoms with van der Waals surface area (Å²) < 4.78 is 5.93. The summed E-state index contributed by atoms with van der Waals surface area (Å²) in [6.07, 6.45) is 2.40. The van der Waals surface area contributed by atoms with Crippen LogP contribution in [0.25, 0.3) is 0 Å². The van der Waals surface area contributed by atoms with Crippen molar-refractivity contribution in [2.75, 3.05) is 13.1 Å². The maximum Gasteiger partial charge on any atom is 0.263 e. The van der Waals surface area contributed by atoms with Crippen LogP contribution in [0.1, 0.15) is 38.7 Å². The number of piperidine rings is 1.